The first kappa shape index (κ1) is 13.5. The summed E-state index contributed by atoms with van der Waals surface area (Å²) in [5.41, 5.74) is 0.921. The molecule has 1 unspecified atom stereocenters. The minimum atomic E-state index is -0.166. The Bertz CT molecular complexity index is 442. The van der Waals surface area contributed by atoms with Crippen LogP contribution >= 0.6 is 0 Å². The molecule has 0 spiro atoms. The number of amides is 2. The van der Waals surface area contributed by atoms with Crippen LogP contribution in [0.1, 0.15) is 11.6 Å². The molecule has 0 aliphatic carbocycles. The number of aliphatic hydroxyl groups excluding tert-OH is 1. The van der Waals surface area contributed by atoms with Gasteiger partial charge in [-0.25, -0.2) is 4.79 Å². The molecule has 0 radical (unpaired) electrons. The number of rotatable bonds is 5. The van der Waals surface area contributed by atoms with E-state index in [0.717, 1.165) is 5.56 Å². The molecular weight excluding hydrogens is 248 g/mol. The van der Waals surface area contributed by atoms with Crippen molar-refractivity contribution >= 4 is 6.03 Å². The van der Waals surface area contributed by atoms with Gasteiger partial charge < -0.3 is 24.8 Å². The average molecular weight is 266 g/mol. The molecule has 0 aromatic heterocycles. The second-order valence-electron chi connectivity index (χ2n) is 4.32. The second kappa shape index (κ2) is 5.79. The van der Waals surface area contributed by atoms with Crippen LogP contribution in [0, 0.1) is 0 Å². The smallest absolute Gasteiger partial charge is 0.318 e. The lowest BCUT2D eigenvalue weighted by atomic mass is 10.1. The number of hydrogen-bond acceptors (Lipinski definition) is 4. The van der Waals surface area contributed by atoms with Crippen molar-refractivity contribution < 1.29 is 19.4 Å². The third-order valence-corrected chi connectivity index (χ3v) is 3.13. The van der Waals surface area contributed by atoms with Crippen molar-refractivity contribution in [1.29, 1.82) is 0 Å². The van der Waals surface area contributed by atoms with E-state index in [2.05, 4.69) is 5.32 Å². The van der Waals surface area contributed by atoms with Gasteiger partial charge in [0, 0.05) is 19.2 Å². The van der Waals surface area contributed by atoms with Crippen molar-refractivity contribution in [1.82, 2.24) is 10.2 Å². The van der Waals surface area contributed by atoms with Gasteiger partial charge in [0.05, 0.1) is 26.9 Å². The van der Waals surface area contributed by atoms with E-state index in [9.17, 15) is 4.79 Å². The first-order chi connectivity index (χ1) is 9.17. The van der Waals surface area contributed by atoms with E-state index in [4.69, 9.17) is 14.6 Å². The van der Waals surface area contributed by atoms with Crippen LogP contribution in [0.2, 0.25) is 0 Å². The molecular formula is C13H18N2O4. The van der Waals surface area contributed by atoms with Gasteiger partial charge >= 0.3 is 6.03 Å². The molecule has 1 aliphatic rings. The molecule has 19 heavy (non-hydrogen) atoms. The Hall–Kier alpha value is -1.95. The Morgan fingerprint density at radius 3 is 2.47 bits per heavy atom. The van der Waals surface area contributed by atoms with E-state index in [1.807, 2.05) is 12.1 Å². The third kappa shape index (κ3) is 2.90. The summed E-state index contributed by atoms with van der Waals surface area (Å²) in [6.07, 6.45) is 0. The van der Waals surface area contributed by atoms with Crippen LogP contribution in [0.4, 0.5) is 4.79 Å². The molecule has 104 valence electrons. The third-order valence-electron chi connectivity index (χ3n) is 3.13. The summed E-state index contributed by atoms with van der Waals surface area (Å²) in [7, 11) is 3.17. The zero-order valence-electron chi connectivity index (χ0n) is 11.0. The number of urea groups is 1. The molecule has 1 heterocycles. The molecule has 1 aromatic rings. The van der Waals surface area contributed by atoms with Gasteiger partial charge in [-0.2, -0.15) is 0 Å². The summed E-state index contributed by atoms with van der Waals surface area (Å²) in [5.74, 6) is 1.37. The average Bonchev–Trinajstić information content (AvgIpc) is 2.80. The van der Waals surface area contributed by atoms with Crippen molar-refractivity contribution in [2.45, 2.75) is 6.04 Å². The quantitative estimate of drug-likeness (QED) is 0.825. The Morgan fingerprint density at radius 2 is 1.95 bits per heavy atom. The van der Waals surface area contributed by atoms with E-state index >= 15 is 0 Å². The van der Waals surface area contributed by atoms with Crippen LogP contribution in [0.3, 0.4) is 0 Å². The molecule has 1 aliphatic heterocycles. The number of ether oxygens (including phenoxy) is 2. The number of aliphatic hydroxyl groups is 1. The Labute approximate surface area is 111 Å². The minimum Gasteiger partial charge on any atom is -0.497 e. The summed E-state index contributed by atoms with van der Waals surface area (Å²) < 4.78 is 10.4. The lowest BCUT2D eigenvalue weighted by Gasteiger charge is -2.14. The van der Waals surface area contributed by atoms with Crippen molar-refractivity contribution in [2.75, 3.05) is 33.9 Å². The van der Waals surface area contributed by atoms with E-state index in [0.29, 0.717) is 24.6 Å². The van der Waals surface area contributed by atoms with Gasteiger partial charge in [0.1, 0.15) is 11.5 Å². The zero-order valence-corrected chi connectivity index (χ0v) is 11.0. The van der Waals surface area contributed by atoms with Crippen LogP contribution < -0.4 is 14.8 Å². The topological polar surface area (TPSA) is 71.0 Å². The molecule has 1 aromatic carbocycles. The van der Waals surface area contributed by atoms with Gasteiger partial charge in [-0.1, -0.05) is 0 Å². The van der Waals surface area contributed by atoms with Crippen LogP contribution in [-0.2, 0) is 0 Å². The number of β-amino-alcohol motifs (C(OH)–C–C–N with tert-alkyl or cyclic N) is 1. The normalized spacial score (nSPS) is 18.4. The first-order valence-corrected chi connectivity index (χ1v) is 6.07. The molecule has 2 rings (SSSR count). The SMILES string of the molecule is COc1cc(OC)cc(C2CN(CCO)C(=O)N2)c1. The number of methoxy groups -OCH3 is 2. The van der Waals surface area contributed by atoms with Gasteiger partial charge in [-0.15, -0.1) is 0 Å². The number of nitrogens with one attached hydrogen (secondary N) is 1. The van der Waals surface area contributed by atoms with Crippen LogP contribution in [0.15, 0.2) is 18.2 Å². The van der Waals surface area contributed by atoms with Crippen LogP contribution in [-0.4, -0.2) is 50.0 Å². The fourth-order valence-electron chi connectivity index (χ4n) is 2.12. The standard InChI is InChI=1S/C13H18N2O4/c1-18-10-5-9(6-11(7-10)19-2)12-8-15(3-4-16)13(17)14-12/h5-7,12,16H,3-4,8H2,1-2H3,(H,14,17). The number of benzene rings is 1. The summed E-state index contributed by atoms with van der Waals surface area (Å²) in [6.45, 7) is 0.820. The molecule has 6 heteroatoms. The minimum absolute atomic E-state index is 0.0401. The van der Waals surface area contributed by atoms with Gasteiger partial charge in [0.15, 0.2) is 0 Å². The summed E-state index contributed by atoms with van der Waals surface area (Å²) in [6, 6.07) is 5.24. The number of carbonyl (C=O) groups excluding carboxylic acids is 1. The van der Waals surface area contributed by atoms with E-state index in [-0.39, 0.29) is 18.7 Å². The van der Waals surface area contributed by atoms with Gasteiger partial charge in [0.2, 0.25) is 0 Å². The highest BCUT2D eigenvalue weighted by atomic mass is 16.5. The van der Waals surface area contributed by atoms with E-state index in [1.165, 1.54) is 0 Å². The highest BCUT2D eigenvalue weighted by molar-refractivity contribution is 5.77. The number of carbonyl (C=O) groups is 1. The van der Waals surface area contributed by atoms with Crippen LogP contribution in [0.25, 0.3) is 0 Å². The Morgan fingerprint density at radius 1 is 1.32 bits per heavy atom. The first-order valence-electron chi connectivity index (χ1n) is 6.07. The van der Waals surface area contributed by atoms with Crippen LogP contribution in [0.5, 0.6) is 11.5 Å². The molecule has 1 fully saturated rings. The molecule has 0 bridgehead atoms. The maximum absolute atomic E-state index is 11.7. The fraction of sp³-hybridized carbons (Fsp3) is 0.462. The molecule has 0 saturated carbocycles. The van der Waals surface area contributed by atoms with Crippen molar-refractivity contribution in [3.05, 3.63) is 23.8 Å². The maximum atomic E-state index is 11.7. The van der Waals surface area contributed by atoms with E-state index in [1.54, 1.807) is 25.2 Å². The Balaban J connectivity index is 2.20. The highest BCUT2D eigenvalue weighted by Crippen LogP contribution is 2.28. The number of nitrogens with zero attached hydrogens (tertiary/aromatic N) is 1. The fourth-order valence-corrected chi connectivity index (χ4v) is 2.12. The monoisotopic (exact) mass is 266 g/mol. The molecule has 1 atom stereocenters. The summed E-state index contributed by atoms with van der Waals surface area (Å²) in [5, 5.41) is 11.8. The summed E-state index contributed by atoms with van der Waals surface area (Å²) >= 11 is 0. The van der Waals surface area contributed by atoms with Gasteiger partial charge in [-0.05, 0) is 17.7 Å². The molecule has 1 saturated heterocycles. The molecule has 2 N–H and O–H groups in total. The predicted molar refractivity (Wildman–Crippen MR) is 69.5 cm³/mol. The number of hydrogen-bond donors (Lipinski definition) is 2. The Kier molecular flexibility index (Phi) is 4.11. The molecule has 6 nitrogen and oxygen atoms in total. The van der Waals surface area contributed by atoms with Gasteiger partial charge in [-0.3, -0.25) is 0 Å². The van der Waals surface area contributed by atoms with Gasteiger partial charge in [0.25, 0.3) is 0 Å². The lowest BCUT2D eigenvalue weighted by Crippen LogP contribution is -2.30. The zero-order chi connectivity index (χ0) is 13.8. The predicted octanol–water partition coefficient (Wildman–Crippen LogP) is 0.762. The maximum Gasteiger partial charge on any atom is 0.318 e. The van der Waals surface area contributed by atoms with Crippen molar-refractivity contribution in [3.8, 4) is 11.5 Å². The summed E-state index contributed by atoms with van der Waals surface area (Å²) in [4.78, 5) is 13.3. The largest absolute Gasteiger partial charge is 0.497 e. The van der Waals surface area contributed by atoms with Crippen molar-refractivity contribution in [3.63, 3.8) is 0 Å². The highest BCUT2D eigenvalue weighted by Gasteiger charge is 2.29. The second-order valence-corrected chi connectivity index (χ2v) is 4.32. The lowest BCUT2D eigenvalue weighted by molar-refractivity contribution is 0.196. The van der Waals surface area contributed by atoms with E-state index < -0.39 is 0 Å². The molecule has 2 amide bonds. The van der Waals surface area contributed by atoms with Crippen molar-refractivity contribution in [2.24, 2.45) is 0 Å².